The fraction of sp³-hybridized carbons (Fsp3) is 0.200. The maximum Gasteiger partial charge on any atom is 0.341 e. The molecule has 0 aliphatic rings. The van der Waals surface area contributed by atoms with E-state index in [-0.39, 0.29) is 13.0 Å². The zero-order valence-corrected chi connectivity index (χ0v) is 8.42. The molecule has 1 N–H and O–H groups in total. The van der Waals surface area contributed by atoms with Crippen molar-refractivity contribution < 1.29 is 23.1 Å². The monoisotopic (exact) mass is 229 g/mol. The Morgan fingerprint density at radius 1 is 1.50 bits per heavy atom. The second kappa shape index (κ2) is 5.20. The summed E-state index contributed by atoms with van der Waals surface area (Å²) < 4.78 is 31.1. The maximum atomic E-state index is 13.5. The van der Waals surface area contributed by atoms with Crippen LogP contribution in [-0.2, 0) is 9.53 Å². The predicted octanol–water partition coefficient (Wildman–Crippen LogP) is 1.71. The van der Waals surface area contributed by atoms with Gasteiger partial charge in [0.2, 0.25) is 6.41 Å². The number of hydrogen-bond donors (Lipinski definition) is 1. The normalized spacial score (nSPS) is 9.69. The van der Waals surface area contributed by atoms with E-state index in [4.69, 9.17) is 0 Å². The summed E-state index contributed by atoms with van der Waals surface area (Å²) in [6, 6.07) is 1.83. The number of esters is 1. The Hall–Kier alpha value is -1.98. The number of nitrogens with one attached hydrogen (secondary N) is 1. The van der Waals surface area contributed by atoms with Gasteiger partial charge in [-0.25, -0.2) is 13.6 Å². The van der Waals surface area contributed by atoms with Gasteiger partial charge in [-0.2, -0.15) is 0 Å². The molecule has 16 heavy (non-hydrogen) atoms. The number of halogens is 2. The van der Waals surface area contributed by atoms with Crippen LogP contribution in [0.2, 0.25) is 0 Å². The number of ether oxygens (including phenoxy) is 1. The minimum Gasteiger partial charge on any atom is -0.462 e. The molecule has 0 aliphatic carbocycles. The highest BCUT2D eigenvalue weighted by molar-refractivity contribution is 5.91. The topological polar surface area (TPSA) is 55.4 Å². The molecule has 0 saturated heterocycles. The van der Waals surface area contributed by atoms with E-state index >= 15 is 0 Å². The Morgan fingerprint density at radius 3 is 2.75 bits per heavy atom. The largest absolute Gasteiger partial charge is 0.462 e. The first-order valence-electron chi connectivity index (χ1n) is 4.47. The fourth-order valence-corrected chi connectivity index (χ4v) is 1.11. The van der Waals surface area contributed by atoms with E-state index in [2.05, 4.69) is 4.74 Å². The van der Waals surface area contributed by atoms with Crippen LogP contribution in [0.3, 0.4) is 0 Å². The molecule has 86 valence electrons. The third kappa shape index (κ3) is 2.33. The number of carbonyl (C=O) groups excluding carboxylic acids is 2. The number of hydrogen-bond acceptors (Lipinski definition) is 3. The van der Waals surface area contributed by atoms with E-state index in [0.29, 0.717) is 0 Å². The summed E-state index contributed by atoms with van der Waals surface area (Å²) in [6.07, 6.45) is 0.121. The summed E-state index contributed by atoms with van der Waals surface area (Å²) in [5.41, 5.74) is -1.09. The molecule has 6 heteroatoms. The molecular formula is C10H9F2NO3. The first-order valence-corrected chi connectivity index (χ1v) is 4.47. The molecule has 0 bridgehead atoms. The Kier molecular flexibility index (Phi) is 3.93. The van der Waals surface area contributed by atoms with Gasteiger partial charge < -0.3 is 10.1 Å². The molecule has 0 radical (unpaired) electrons. The highest BCUT2D eigenvalue weighted by Crippen LogP contribution is 2.22. The summed E-state index contributed by atoms with van der Waals surface area (Å²) in [4.78, 5) is 21.4. The van der Waals surface area contributed by atoms with Crippen LogP contribution in [0.5, 0.6) is 0 Å². The summed E-state index contributed by atoms with van der Waals surface area (Å²) in [5, 5.41) is 1.84. The minimum absolute atomic E-state index is 0.0755. The fourth-order valence-electron chi connectivity index (χ4n) is 1.11. The lowest BCUT2D eigenvalue weighted by molar-refractivity contribution is -0.105. The summed E-state index contributed by atoms with van der Waals surface area (Å²) in [6.45, 7) is 1.63. The molecule has 0 saturated carbocycles. The van der Waals surface area contributed by atoms with Crippen LogP contribution in [0, 0.1) is 11.6 Å². The maximum absolute atomic E-state index is 13.5. The van der Waals surface area contributed by atoms with Crippen LogP contribution in [0.25, 0.3) is 0 Å². The van der Waals surface area contributed by atoms with Gasteiger partial charge in [0, 0.05) is 0 Å². The SMILES string of the molecule is CCOC(=O)c1ccc(F)c(NC=O)c1F. The highest BCUT2D eigenvalue weighted by atomic mass is 19.1. The Bertz CT molecular complexity index is 421. The molecule has 1 aromatic rings. The molecule has 0 aliphatic heterocycles. The van der Waals surface area contributed by atoms with Gasteiger partial charge in [0.05, 0.1) is 12.2 Å². The molecule has 0 heterocycles. The minimum atomic E-state index is -1.15. The molecule has 1 aromatic carbocycles. The van der Waals surface area contributed by atoms with Crippen molar-refractivity contribution in [3.63, 3.8) is 0 Å². The van der Waals surface area contributed by atoms with E-state index in [9.17, 15) is 18.4 Å². The smallest absolute Gasteiger partial charge is 0.341 e. The number of anilines is 1. The summed E-state index contributed by atoms with van der Waals surface area (Å²) >= 11 is 0. The van der Waals surface area contributed by atoms with Crippen LogP contribution in [0.4, 0.5) is 14.5 Å². The second-order valence-corrected chi connectivity index (χ2v) is 2.77. The standard InChI is InChI=1S/C10H9F2NO3/c1-2-16-10(15)6-3-4-7(11)9(8(6)12)13-5-14/h3-5H,2H2,1H3,(H,13,14). The van der Waals surface area contributed by atoms with E-state index in [1.165, 1.54) is 0 Å². The Labute approximate surface area is 90.2 Å². The molecule has 1 rings (SSSR count). The zero-order valence-electron chi connectivity index (χ0n) is 8.42. The van der Waals surface area contributed by atoms with Crippen molar-refractivity contribution in [2.45, 2.75) is 6.92 Å². The van der Waals surface area contributed by atoms with Gasteiger partial charge in [0.15, 0.2) is 5.82 Å². The van der Waals surface area contributed by atoms with Gasteiger partial charge in [-0.3, -0.25) is 4.79 Å². The number of amides is 1. The number of carbonyl (C=O) groups is 2. The quantitative estimate of drug-likeness (QED) is 0.631. The number of benzene rings is 1. The molecule has 0 unspecified atom stereocenters. The third-order valence-corrected chi connectivity index (χ3v) is 1.79. The second-order valence-electron chi connectivity index (χ2n) is 2.77. The molecule has 0 atom stereocenters. The van der Waals surface area contributed by atoms with E-state index in [1.807, 2.05) is 5.32 Å². The lowest BCUT2D eigenvalue weighted by Crippen LogP contribution is -2.10. The molecule has 0 aromatic heterocycles. The van der Waals surface area contributed by atoms with Crippen molar-refractivity contribution in [3.8, 4) is 0 Å². The van der Waals surface area contributed by atoms with E-state index < -0.39 is 28.9 Å². The van der Waals surface area contributed by atoms with Crippen molar-refractivity contribution in [2.75, 3.05) is 11.9 Å². The lowest BCUT2D eigenvalue weighted by atomic mass is 10.1. The van der Waals surface area contributed by atoms with Gasteiger partial charge in [0.25, 0.3) is 0 Å². The van der Waals surface area contributed by atoms with E-state index in [0.717, 1.165) is 12.1 Å². The molecular weight excluding hydrogens is 220 g/mol. The lowest BCUT2D eigenvalue weighted by Gasteiger charge is -2.07. The van der Waals surface area contributed by atoms with Crippen LogP contribution >= 0.6 is 0 Å². The van der Waals surface area contributed by atoms with Crippen molar-refractivity contribution in [1.29, 1.82) is 0 Å². The molecule has 1 amide bonds. The first kappa shape index (κ1) is 12.1. The summed E-state index contributed by atoms with van der Waals surface area (Å²) in [7, 11) is 0. The Morgan fingerprint density at radius 2 is 2.19 bits per heavy atom. The van der Waals surface area contributed by atoms with Gasteiger partial charge >= 0.3 is 5.97 Å². The first-order chi connectivity index (χ1) is 7.61. The van der Waals surface area contributed by atoms with Gasteiger partial charge in [0.1, 0.15) is 11.5 Å². The van der Waals surface area contributed by atoms with E-state index in [1.54, 1.807) is 6.92 Å². The zero-order chi connectivity index (χ0) is 12.1. The van der Waals surface area contributed by atoms with Crippen LogP contribution < -0.4 is 5.32 Å². The van der Waals surface area contributed by atoms with Crippen molar-refractivity contribution in [2.24, 2.45) is 0 Å². The third-order valence-electron chi connectivity index (χ3n) is 1.79. The van der Waals surface area contributed by atoms with Gasteiger partial charge in [-0.15, -0.1) is 0 Å². The van der Waals surface area contributed by atoms with Crippen molar-refractivity contribution in [3.05, 3.63) is 29.3 Å². The molecule has 0 spiro atoms. The van der Waals surface area contributed by atoms with Gasteiger partial charge in [-0.05, 0) is 19.1 Å². The van der Waals surface area contributed by atoms with Gasteiger partial charge in [-0.1, -0.05) is 0 Å². The van der Waals surface area contributed by atoms with Crippen molar-refractivity contribution >= 4 is 18.1 Å². The average Bonchev–Trinajstić information content (AvgIpc) is 2.24. The van der Waals surface area contributed by atoms with Crippen LogP contribution in [0.1, 0.15) is 17.3 Å². The summed E-state index contributed by atoms with van der Waals surface area (Å²) in [5.74, 6) is -3.02. The average molecular weight is 229 g/mol. The van der Waals surface area contributed by atoms with Crippen molar-refractivity contribution in [1.82, 2.24) is 0 Å². The van der Waals surface area contributed by atoms with Crippen LogP contribution in [0.15, 0.2) is 12.1 Å². The molecule has 4 nitrogen and oxygen atoms in total. The molecule has 0 fully saturated rings. The van der Waals surface area contributed by atoms with Crippen LogP contribution in [-0.4, -0.2) is 19.0 Å². The Balaban J connectivity index is 3.17. The predicted molar refractivity (Wildman–Crippen MR) is 52.0 cm³/mol. The number of rotatable bonds is 4. The highest BCUT2D eigenvalue weighted by Gasteiger charge is 2.19.